The highest BCUT2D eigenvalue weighted by Gasteiger charge is 2.40. The second-order valence-electron chi connectivity index (χ2n) is 5.25. The minimum Gasteiger partial charge on any atom is -0.481 e. The molecule has 0 unspecified atom stereocenters. The van der Waals surface area contributed by atoms with Crippen LogP contribution in [-0.2, 0) is 14.3 Å². The van der Waals surface area contributed by atoms with E-state index in [4.69, 9.17) is 10.00 Å². The zero-order chi connectivity index (χ0) is 16.1. The first-order valence-electron chi connectivity index (χ1n) is 7.09. The van der Waals surface area contributed by atoms with E-state index in [1.807, 2.05) is 6.07 Å². The van der Waals surface area contributed by atoms with Gasteiger partial charge in [-0.1, -0.05) is 12.1 Å². The second-order valence-corrected chi connectivity index (χ2v) is 5.25. The Kier molecular flexibility index (Phi) is 5.12. The molecule has 6 heteroatoms. The molecule has 1 heterocycles. The standard InChI is InChI=1S/C16H18N2O4/c1-22-8-7-18-14(19)6-5-13(16(20)21)15(18)12-4-2-3-11(9-12)10-17/h2-4,9,13,15H,5-8H2,1H3,(H,20,21)/t13-,15+/m1/s1. The summed E-state index contributed by atoms with van der Waals surface area (Å²) in [5.74, 6) is -1.69. The van der Waals surface area contributed by atoms with Crippen LogP contribution in [0.3, 0.4) is 0 Å². The topological polar surface area (TPSA) is 90.6 Å². The summed E-state index contributed by atoms with van der Waals surface area (Å²) < 4.78 is 5.02. The molecule has 1 amide bonds. The molecule has 0 aliphatic carbocycles. The lowest BCUT2D eigenvalue weighted by atomic mass is 9.84. The Bertz CT molecular complexity index is 608. The van der Waals surface area contributed by atoms with Gasteiger partial charge in [0.25, 0.3) is 0 Å². The van der Waals surface area contributed by atoms with Crippen LogP contribution in [0.5, 0.6) is 0 Å². The van der Waals surface area contributed by atoms with Crippen LogP contribution in [0.25, 0.3) is 0 Å². The quantitative estimate of drug-likeness (QED) is 0.891. The number of rotatable bonds is 5. The third kappa shape index (κ3) is 3.26. The Hall–Kier alpha value is -2.39. The molecular formula is C16H18N2O4. The lowest BCUT2D eigenvalue weighted by Gasteiger charge is -2.39. The van der Waals surface area contributed by atoms with Gasteiger partial charge in [0.15, 0.2) is 0 Å². The van der Waals surface area contributed by atoms with Crippen LogP contribution in [0.15, 0.2) is 24.3 Å². The number of carbonyl (C=O) groups is 2. The summed E-state index contributed by atoms with van der Waals surface area (Å²) in [4.78, 5) is 25.4. The van der Waals surface area contributed by atoms with Gasteiger partial charge in [0.05, 0.1) is 30.2 Å². The average molecular weight is 302 g/mol. The first-order valence-corrected chi connectivity index (χ1v) is 7.09. The van der Waals surface area contributed by atoms with Crippen LogP contribution in [0, 0.1) is 17.2 Å². The van der Waals surface area contributed by atoms with Gasteiger partial charge in [-0.3, -0.25) is 9.59 Å². The number of piperidine rings is 1. The number of hydrogen-bond donors (Lipinski definition) is 1. The van der Waals surface area contributed by atoms with E-state index in [1.54, 1.807) is 29.2 Å². The van der Waals surface area contributed by atoms with Crippen molar-refractivity contribution in [3.63, 3.8) is 0 Å². The maximum atomic E-state index is 12.2. The highest BCUT2D eigenvalue weighted by atomic mass is 16.5. The van der Waals surface area contributed by atoms with Crippen molar-refractivity contribution in [2.45, 2.75) is 18.9 Å². The Morgan fingerprint density at radius 3 is 2.95 bits per heavy atom. The maximum Gasteiger partial charge on any atom is 0.308 e. The Labute approximate surface area is 128 Å². The SMILES string of the molecule is COCCN1C(=O)CC[C@@H](C(=O)O)[C@@H]1c1cccc(C#N)c1. The van der Waals surface area contributed by atoms with E-state index in [-0.39, 0.29) is 12.3 Å². The third-order valence-corrected chi connectivity index (χ3v) is 3.92. The molecule has 0 spiro atoms. The molecule has 0 bridgehead atoms. The molecule has 1 aromatic carbocycles. The van der Waals surface area contributed by atoms with Crippen LogP contribution in [0.2, 0.25) is 0 Å². The van der Waals surface area contributed by atoms with Gasteiger partial charge in [-0.05, 0) is 24.1 Å². The number of carboxylic acid groups (broad SMARTS) is 1. The molecule has 1 aliphatic heterocycles. The van der Waals surface area contributed by atoms with E-state index in [1.165, 1.54) is 7.11 Å². The van der Waals surface area contributed by atoms with Crippen molar-refractivity contribution < 1.29 is 19.4 Å². The van der Waals surface area contributed by atoms with Crippen LogP contribution in [0.4, 0.5) is 0 Å². The number of carbonyl (C=O) groups excluding carboxylic acids is 1. The van der Waals surface area contributed by atoms with Gasteiger partial charge in [0, 0.05) is 20.1 Å². The minimum absolute atomic E-state index is 0.0816. The molecule has 116 valence electrons. The van der Waals surface area contributed by atoms with E-state index in [2.05, 4.69) is 0 Å². The fourth-order valence-electron chi connectivity index (χ4n) is 2.87. The summed E-state index contributed by atoms with van der Waals surface area (Å²) in [6.07, 6.45) is 0.522. The zero-order valence-corrected chi connectivity index (χ0v) is 12.4. The first-order chi connectivity index (χ1) is 10.6. The second kappa shape index (κ2) is 7.05. The Morgan fingerprint density at radius 1 is 1.55 bits per heavy atom. The summed E-state index contributed by atoms with van der Waals surface area (Å²) in [6, 6.07) is 8.26. The summed E-state index contributed by atoms with van der Waals surface area (Å²) in [5, 5.41) is 18.5. The van der Waals surface area contributed by atoms with Crippen LogP contribution in [0.1, 0.15) is 30.0 Å². The molecule has 1 aromatic rings. The molecule has 6 nitrogen and oxygen atoms in total. The molecule has 1 fully saturated rings. The summed E-state index contributed by atoms with van der Waals surface area (Å²) in [7, 11) is 1.54. The van der Waals surface area contributed by atoms with Crippen molar-refractivity contribution in [3.8, 4) is 6.07 Å². The van der Waals surface area contributed by atoms with Crippen molar-refractivity contribution in [2.24, 2.45) is 5.92 Å². The van der Waals surface area contributed by atoms with Gasteiger partial charge < -0.3 is 14.7 Å². The number of carboxylic acids is 1. The van der Waals surface area contributed by atoms with E-state index in [0.717, 1.165) is 0 Å². The molecule has 0 aromatic heterocycles. The van der Waals surface area contributed by atoms with Crippen molar-refractivity contribution in [1.29, 1.82) is 5.26 Å². The summed E-state index contributed by atoms with van der Waals surface area (Å²) >= 11 is 0. The molecule has 2 rings (SSSR count). The molecular weight excluding hydrogens is 284 g/mol. The minimum atomic E-state index is -0.928. The van der Waals surface area contributed by atoms with Crippen LogP contribution < -0.4 is 0 Å². The van der Waals surface area contributed by atoms with Gasteiger partial charge in [0.1, 0.15) is 0 Å². The fourth-order valence-corrected chi connectivity index (χ4v) is 2.87. The van der Waals surface area contributed by atoms with Crippen molar-refractivity contribution in [1.82, 2.24) is 4.90 Å². The molecule has 0 radical (unpaired) electrons. The monoisotopic (exact) mass is 302 g/mol. The lowest BCUT2D eigenvalue weighted by molar-refractivity contribution is -0.152. The molecule has 1 N–H and O–H groups in total. The molecule has 0 saturated carbocycles. The van der Waals surface area contributed by atoms with Gasteiger partial charge in [-0.15, -0.1) is 0 Å². The van der Waals surface area contributed by atoms with E-state index in [9.17, 15) is 14.7 Å². The predicted octanol–water partition coefficient (Wildman–Crippen LogP) is 1.57. The van der Waals surface area contributed by atoms with Gasteiger partial charge in [-0.25, -0.2) is 0 Å². The maximum absolute atomic E-state index is 12.2. The third-order valence-electron chi connectivity index (χ3n) is 3.92. The summed E-state index contributed by atoms with van der Waals surface area (Å²) in [5.41, 5.74) is 1.13. The fraction of sp³-hybridized carbons (Fsp3) is 0.438. The van der Waals surface area contributed by atoms with Crippen LogP contribution >= 0.6 is 0 Å². The van der Waals surface area contributed by atoms with E-state index >= 15 is 0 Å². The Balaban J connectivity index is 2.42. The van der Waals surface area contributed by atoms with Gasteiger partial charge in [0.2, 0.25) is 5.91 Å². The molecule has 1 saturated heterocycles. The van der Waals surface area contributed by atoms with E-state index in [0.29, 0.717) is 30.7 Å². The van der Waals surface area contributed by atoms with Crippen LogP contribution in [-0.4, -0.2) is 42.1 Å². The normalized spacial score (nSPS) is 21.5. The van der Waals surface area contributed by atoms with Gasteiger partial charge in [-0.2, -0.15) is 5.26 Å². The van der Waals surface area contributed by atoms with Gasteiger partial charge >= 0.3 is 5.97 Å². The van der Waals surface area contributed by atoms with Crippen molar-refractivity contribution in [2.75, 3.05) is 20.3 Å². The average Bonchev–Trinajstić information content (AvgIpc) is 2.53. The zero-order valence-electron chi connectivity index (χ0n) is 12.4. The smallest absolute Gasteiger partial charge is 0.308 e. The first kappa shape index (κ1) is 16.0. The number of methoxy groups -OCH3 is 1. The number of benzene rings is 1. The lowest BCUT2D eigenvalue weighted by Crippen LogP contribution is -2.46. The predicted molar refractivity (Wildman–Crippen MR) is 77.8 cm³/mol. The number of likely N-dealkylation sites (tertiary alicyclic amines) is 1. The van der Waals surface area contributed by atoms with Crippen molar-refractivity contribution >= 4 is 11.9 Å². The number of amides is 1. The molecule has 2 atom stereocenters. The molecule has 22 heavy (non-hydrogen) atoms. The summed E-state index contributed by atoms with van der Waals surface area (Å²) in [6.45, 7) is 0.674. The highest BCUT2D eigenvalue weighted by Crippen LogP contribution is 2.37. The van der Waals surface area contributed by atoms with Crippen molar-refractivity contribution in [3.05, 3.63) is 35.4 Å². The number of nitriles is 1. The number of aliphatic carboxylic acids is 1. The Morgan fingerprint density at radius 2 is 2.32 bits per heavy atom. The highest BCUT2D eigenvalue weighted by molar-refractivity contribution is 5.81. The largest absolute Gasteiger partial charge is 0.481 e. The number of nitrogens with zero attached hydrogens (tertiary/aromatic N) is 2. The molecule has 1 aliphatic rings. The number of hydrogen-bond acceptors (Lipinski definition) is 4. The number of ether oxygens (including phenoxy) is 1. The van der Waals surface area contributed by atoms with E-state index < -0.39 is 17.9 Å².